The van der Waals surface area contributed by atoms with E-state index < -0.39 is 15.3 Å². The van der Waals surface area contributed by atoms with Gasteiger partial charge in [-0.3, -0.25) is 4.31 Å². The van der Waals surface area contributed by atoms with Crippen LogP contribution in [0, 0.1) is 0 Å². The Hall–Kier alpha value is -1.07. The maximum atomic E-state index is 11.8. The van der Waals surface area contributed by atoms with E-state index in [2.05, 4.69) is 0 Å². The topological polar surface area (TPSA) is 57.6 Å². The summed E-state index contributed by atoms with van der Waals surface area (Å²) in [6, 6.07) is 8.78. The van der Waals surface area contributed by atoms with Crippen molar-refractivity contribution in [1.82, 2.24) is 0 Å². The highest BCUT2D eigenvalue weighted by Crippen LogP contribution is 2.17. The molecular formula is C10H15NO3S. The van der Waals surface area contributed by atoms with Crippen molar-refractivity contribution < 1.29 is 13.5 Å². The lowest BCUT2D eigenvalue weighted by Gasteiger charge is -2.22. The minimum Gasteiger partial charge on any atom is -0.395 e. The number of benzene rings is 1. The van der Waals surface area contributed by atoms with Crippen LogP contribution < -0.4 is 4.31 Å². The zero-order valence-electron chi connectivity index (χ0n) is 8.79. The minimum absolute atomic E-state index is 0.375. The summed E-state index contributed by atoms with van der Waals surface area (Å²) in [4.78, 5) is 0. The van der Waals surface area contributed by atoms with Gasteiger partial charge in [-0.25, -0.2) is 8.42 Å². The zero-order valence-corrected chi connectivity index (χ0v) is 9.61. The van der Waals surface area contributed by atoms with Gasteiger partial charge in [-0.05, 0) is 19.1 Å². The van der Waals surface area contributed by atoms with Gasteiger partial charge in [-0.15, -0.1) is 0 Å². The number of aliphatic hydroxyl groups excluding tert-OH is 1. The van der Waals surface area contributed by atoms with Crippen LogP contribution in [-0.4, -0.2) is 32.4 Å². The van der Waals surface area contributed by atoms with Crippen molar-refractivity contribution in [2.45, 2.75) is 12.2 Å². The molecule has 0 amide bonds. The summed E-state index contributed by atoms with van der Waals surface area (Å²) in [6.07, 6.45) is 0. The highest BCUT2D eigenvalue weighted by molar-refractivity contribution is 7.93. The van der Waals surface area contributed by atoms with Crippen molar-refractivity contribution in [3.05, 3.63) is 30.3 Å². The molecule has 0 radical (unpaired) electrons. The molecule has 1 atom stereocenters. The smallest absolute Gasteiger partial charge is 0.239 e. The second-order valence-electron chi connectivity index (χ2n) is 3.34. The molecule has 0 aliphatic carbocycles. The molecule has 0 saturated carbocycles. The summed E-state index contributed by atoms with van der Waals surface area (Å²) in [5.41, 5.74) is 0.595. The Morgan fingerprint density at radius 2 is 1.87 bits per heavy atom. The summed E-state index contributed by atoms with van der Waals surface area (Å²) in [7, 11) is -1.98. The minimum atomic E-state index is -3.46. The molecule has 0 heterocycles. The molecule has 1 aromatic carbocycles. The molecule has 1 rings (SSSR count). The predicted octanol–water partition coefficient (Wildman–Crippen LogP) is 0.833. The molecule has 0 bridgehead atoms. The van der Waals surface area contributed by atoms with Crippen LogP contribution in [0.15, 0.2) is 30.3 Å². The monoisotopic (exact) mass is 229 g/mol. The second kappa shape index (κ2) is 4.63. The van der Waals surface area contributed by atoms with Gasteiger partial charge in [0, 0.05) is 7.05 Å². The molecule has 0 aliphatic rings. The molecule has 5 heteroatoms. The largest absolute Gasteiger partial charge is 0.395 e. The lowest BCUT2D eigenvalue weighted by molar-refractivity contribution is 0.295. The molecular weight excluding hydrogens is 214 g/mol. The molecule has 0 spiro atoms. The first kappa shape index (κ1) is 12.0. The first-order valence-corrected chi connectivity index (χ1v) is 6.14. The van der Waals surface area contributed by atoms with E-state index in [9.17, 15) is 8.42 Å². The van der Waals surface area contributed by atoms with Crippen molar-refractivity contribution in [2.75, 3.05) is 18.0 Å². The highest BCUT2D eigenvalue weighted by atomic mass is 32.2. The maximum absolute atomic E-state index is 11.8. The third-order valence-electron chi connectivity index (χ3n) is 2.27. The van der Waals surface area contributed by atoms with Gasteiger partial charge in [0.25, 0.3) is 0 Å². The van der Waals surface area contributed by atoms with E-state index in [1.54, 1.807) is 24.3 Å². The summed E-state index contributed by atoms with van der Waals surface area (Å²) in [5, 5.41) is 8.07. The van der Waals surface area contributed by atoms with Crippen LogP contribution in [-0.2, 0) is 10.0 Å². The Balaban J connectivity index is 3.00. The van der Waals surface area contributed by atoms with Gasteiger partial charge in [0.1, 0.15) is 5.25 Å². The van der Waals surface area contributed by atoms with Crippen molar-refractivity contribution in [3.8, 4) is 0 Å². The number of aliphatic hydroxyl groups is 1. The van der Waals surface area contributed by atoms with Gasteiger partial charge < -0.3 is 5.11 Å². The van der Waals surface area contributed by atoms with Crippen molar-refractivity contribution in [1.29, 1.82) is 0 Å². The molecule has 0 aliphatic heterocycles. The van der Waals surface area contributed by atoms with Crippen LogP contribution in [0.3, 0.4) is 0 Å². The SMILES string of the molecule is CC(CO)S(=O)(=O)N(C)c1ccccc1. The van der Waals surface area contributed by atoms with E-state index in [-0.39, 0.29) is 6.61 Å². The van der Waals surface area contributed by atoms with Gasteiger partial charge in [0.2, 0.25) is 10.0 Å². The number of rotatable bonds is 4. The average molecular weight is 229 g/mol. The quantitative estimate of drug-likeness (QED) is 0.832. The molecule has 84 valence electrons. The fourth-order valence-corrected chi connectivity index (χ4v) is 2.29. The van der Waals surface area contributed by atoms with Crippen LogP contribution in [0.1, 0.15) is 6.92 Å². The summed E-state index contributed by atoms with van der Waals surface area (Å²) < 4.78 is 24.8. The molecule has 1 unspecified atom stereocenters. The van der Waals surface area contributed by atoms with Crippen molar-refractivity contribution in [3.63, 3.8) is 0 Å². The van der Waals surface area contributed by atoms with E-state index in [4.69, 9.17) is 5.11 Å². The van der Waals surface area contributed by atoms with Crippen LogP contribution in [0.4, 0.5) is 5.69 Å². The lowest BCUT2D eigenvalue weighted by Crippen LogP contribution is -2.36. The van der Waals surface area contributed by atoms with E-state index in [1.165, 1.54) is 18.3 Å². The number of para-hydroxylation sites is 1. The van der Waals surface area contributed by atoms with Crippen LogP contribution >= 0.6 is 0 Å². The number of hydrogen-bond acceptors (Lipinski definition) is 3. The Morgan fingerprint density at radius 1 is 1.33 bits per heavy atom. The fraction of sp³-hybridized carbons (Fsp3) is 0.400. The van der Waals surface area contributed by atoms with E-state index in [0.717, 1.165) is 0 Å². The van der Waals surface area contributed by atoms with Gasteiger partial charge in [-0.1, -0.05) is 18.2 Å². The van der Waals surface area contributed by atoms with E-state index in [1.807, 2.05) is 6.07 Å². The number of sulfonamides is 1. The van der Waals surface area contributed by atoms with Crippen LogP contribution in [0.5, 0.6) is 0 Å². The highest BCUT2D eigenvalue weighted by Gasteiger charge is 2.25. The molecule has 1 N–H and O–H groups in total. The maximum Gasteiger partial charge on any atom is 0.239 e. The Kier molecular flexibility index (Phi) is 3.71. The van der Waals surface area contributed by atoms with Crippen molar-refractivity contribution >= 4 is 15.7 Å². The van der Waals surface area contributed by atoms with E-state index in [0.29, 0.717) is 5.69 Å². The average Bonchev–Trinajstić information content (AvgIpc) is 2.28. The number of hydrogen-bond donors (Lipinski definition) is 1. The Morgan fingerprint density at radius 3 is 2.33 bits per heavy atom. The molecule has 15 heavy (non-hydrogen) atoms. The third kappa shape index (κ3) is 2.49. The molecule has 4 nitrogen and oxygen atoms in total. The Bertz CT molecular complexity index is 402. The first-order valence-electron chi connectivity index (χ1n) is 4.63. The molecule has 1 aromatic rings. The van der Waals surface area contributed by atoms with Gasteiger partial charge >= 0.3 is 0 Å². The predicted molar refractivity (Wildman–Crippen MR) is 60.3 cm³/mol. The Labute approximate surface area is 90.2 Å². The van der Waals surface area contributed by atoms with Gasteiger partial charge in [0.15, 0.2) is 0 Å². The van der Waals surface area contributed by atoms with E-state index >= 15 is 0 Å². The molecule has 0 aromatic heterocycles. The number of nitrogens with zero attached hydrogens (tertiary/aromatic N) is 1. The van der Waals surface area contributed by atoms with Crippen LogP contribution in [0.25, 0.3) is 0 Å². The summed E-state index contributed by atoms with van der Waals surface area (Å²) in [6.45, 7) is 1.11. The normalized spacial score (nSPS) is 13.5. The van der Waals surface area contributed by atoms with Gasteiger partial charge in [-0.2, -0.15) is 0 Å². The third-order valence-corrected chi connectivity index (χ3v) is 4.41. The standard InChI is InChI=1S/C10H15NO3S/c1-9(8-12)15(13,14)11(2)10-6-4-3-5-7-10/h3-7,9,12H,8H2,1-2H3. The summed E-state index contributed by atoms with van der Waals surface area (Å²) in [5.74, 6) is 0. The molecule has 0 saturated heterocycles. The summed E-state index contributed by atoms with van der Waals surface area (Å²) >= 11 is 0. The zero-order chi connectivity index (χ0) is 11.5. The van der Waals surface area contributed by atoms with Crippen LogP contribution in [0.2, 0.25) is 0 Å². The van der Waals surface area contributed by atoms with Gasteiger partial charge in [0.05, 0.1) is 12.3 Å². The van der Waals surface area contributed by atoms with Crippen molar-refractivity contribution in [2.24, 2.45) is 0 Å². The second-order valence-corrected chi connectivity index (χ2v) is 5.72. The lowest BCUT2D eigenvalue weighted by atomic mass is 10.3. The molecule has 0 fully saturated rings. The first-order chi connectivity index (χ1) is 7.00. The number of anilines is 1. The fourth-order valence-electron chi connectivity index (χ4n) is 1.15.